The lowest BCUT2D eigenvalue weighted by Crippen LogP contribution is -2.14. The number of hydrogen-bond acceptors (Lipinski definition) is 1. The third kappa shape index (κ3) is 6.52. The summed E-state index contributed by atoms with van der Waals surface area (Å²) in [6.07, 6.45) is 0. The van der Waals surface area contributed by atoms with Crippen LogP contribution in [0.25, 0.3) is 160 Å². The lowest BCUT2D eigenvalue weighted by atomic mass is 9.86. The van der Waals surface area contributed by atoms with Crippen LogP contribution in [0.3, 0.4) is 0 Å². The molecule has 5 aromatic heterocycles. The van der Waals surface area contributed by atoms with Crippen LogP contribution < -0.4 is 0 Å². The van der Waals surface area contributed by atoms with Crippen LogP contribution in [0.4, 0.5) is 0 Å². The van der Waals surface area contributed by atoms with Gasteiger partial charge in [0.15, 0.2) is 0 Å². The van der Waals surface area contributed by atoms with E-state index < -0.39 is 0 Å². The quantitative estimate of drug-likeness (QED) is 0.157. The average Bonchev–Trinajstić information content (AvgIpc) is 1.72. The first kappa shape index (κ1) is 47.0. The Morgan fingerprint density at radius 1 is 0.212 bits per heavy atom. The molecule has 0 fully saturated rings. The Morgan fingerprint density at radius 3 is 0.741 bits per heavy atom. The number of fused-ring (bicyclic) bond motifs is 15. The summed E-state index contributed by atoms with van der Waals surface area (Å²) in [5, 5.41) is 24.4. The standard InChI is InChI=1S/C79H48N6/c80-49-64-77(83-67-43-17-7-29-52(67)53-30-8-18-44-68(53)83)73(62-39-23-37-60-58-35-13-15-41-65(58)81(75(60)62)50-25-3-1-4-26-50)79(85-71-47-21-11-33-56(71)57-34-12-22-48-72(57)85)74(78(64)84-69-45-19-9-31-54(69)55-32-10-20-46-70(55)84)63-40-24-38-61-59-36-14-16-42-66(59)82(76(61)63)51-27-5-2-6-28-51/h1-48H. The van der Waals surface area contributed by atoms with Crippen molar-refractivity contribution in [2.24, 2.45) is 0 Å². The fourth-order valence-electron chi connectivity index (χ4n) is 14.6. The zero-order valence-corrected chi connectivity index (χ0v) is 45.9. The van der Waals surface area contributed by atoms with Gasteiger partial charge in [0.1, 0.15) is 11.6 Å². The lowest BCUT2D eigenvalue weighted by molar-refractivity contribution is 1.09. The number of nitrogens with zero attached hydrogens (tertiary/aromatic N) is 6. The molecular formula is C79H48N6. The molecule has 6 nitrogen and oxygen atoms in total. The van der Waals surface area contributed by atoms with Crippen molar-refractivity contribution >= 4 is 109 Å². The number of para-hydroxylation sites is 12. The molecule has 18 aromatic rings. The zero-order chi connectivity index (χ0) is 55.9. The second kappa shape index (κ2) is 18.2. The molecule has 0 spiro atoms. The van der Waals surface area contributed by atoms with E-state index in [1.807, 2.05) is 0 Å². The fourth-order valence-corrected chi connectivity index (χ4v) is 14.6. The molecule has 6 heteroatoms. The van der Waals surface area contributed by atoms with Crippen molar-refractivity contribution in [2.75, 3.05) is 0 Å². The molecule has 0 aliphatic rings. The molecule has 0 bridgehead atoms. The Hall–Kier alpha value is -11.7. The second-order valence-corrected chi connectivity index (χ2v) is 22.2. The van der Waals surface area contributed by atoms with Crippen LogP contribution in [0.15, 0.2) is 291 Å². The summed E-state index contributed by atoms with van der Waals surface area (Å²) in [6, 6.07) is 109. The Kier molecular flexibility index (Phi) is 10.1. The van der Waals surface area contributed by atoms with Gasteiger partial charge in [0.25, 0.3) is 0 Å². The Morgan fingerprint density at radius 2 is 0.447 bits per heavy atom. The Bertz CT molecular complexity index is 5400. The topological polar surface area (TPSA) is 48.4 Å². The van der Waals surface area contributed by atoms with E-state index in [9.17, 15) is 5.26 Å². The summed E-state index contributed by atoms with van der Waals surface area (Å²) >= 11 is 0. The van der Waals surface area contributed by atoms with Gasteiger partial charge in [-0.3, -0.25) is 0 Å². The van der Waals surface area contributed by atoms with Crippen LogP contribution in [0, 0.1) is 11.3 Å². The molecule has 5 heterocycles. The van der Waals surface area contributed by atoms with Gasteiger partial charge in [-0.2, -0.15) is 5.26 Å². The highest BCUT2D eigenvalue weighted by Gasteiger charge is 2.36. The van der Waals surface area contributed by atoms with Crippen molar-refractivity contribution in [3.8, 4) is 56.8 Å². The van der Waals surface area contributed by atoms with Crippen molar-refractivity contribution in [1.82, 2.24) is 22.8 Å². The molecule has 0 unspecified atom stereocenters. The smallest absolute Gasteiger partial charge is 0.104 e. The predicted octanol–water partition coefficient (Wildman–Crippen LogP) is 20.4. The van der Waals surface area contributed by atoms with Crippen molar-refractivity contribution < 1.29 is 0 Å². The van der Waals surface area contributed by atoms with E-state index in [0.29, 0.717) is 5.56 Å². The highest BCUT2D eigenvalue weighted by Crippen LogP contribution is 2.55. The number of benzene rings is 13. The van der Waals surface area contributed by atoms with Gasteiger partial charge in [-0.25, -0.2) is 0 Å². The van der Waals surface area contributed by atoms with Crippen molar-refractivity contribution in [1.29, 1.82) is 5.26 Å². The minimum Gasteiger partial charge on any atom is -0.309 e. The monoisotopic (exact) mass is 1080 g/mol. The van der Waals surface area contributed by atoms with Gasteiger partial charge in [-0.1, -0.05) is 218 Å². The molecule has 0 saturated heterocycles. The highest BCUT2D eigenvalue weighted by molar-refractivity contribution is 6.22. The maximum Gasteiger partial charge on any atom is 0.104 e. The second-order valence-electron chi connectivity index (χ2n) is 22.2. The third-order valence-corrected chi connectivity index (χ3v) is 17.9. The van der Waals surface area contributed by atoms with Crippen LogP contribution in [0.5, 0.6) is 0 Å². The first-order valence-corrected chi connectivity index (χ1v) is 29.0. The molecule has 85 heavy (non-hydrogen) atoms. The van der Waals surface area contributed by atoms with Gasteiger partial charge in [0, 0.05) is 87.5 Å². The van der Waals surface area contributed by atoms with Crippen molar-refractivity contribution in [2.45, 2.75) is 0 Å². The third-order valence-electron chi connectivity index (χ3n) is 17.9. The zero-order valence-electron chi connectivity index (χ0n) is 45.9. The van der Waals surface area contributed by atoms with Gasteiger partial charge in [0.05, 0.1) is 72.2 Å². The van der Waals surface area contributed by atoms with Crippen LogP contribution in [-0.2, 0) is 0 Å². The molecule has 13 aromatic carbocycles. The summed E-state index contributed by atoms with van der Waals surface area (Å²) in [5.74, 6) is 0. The van der Waals surface area contributed by atoms with Crippen LogP contribution in [0.2, 0.25) is 0 Å². The maximum atomic E-state index is 13.2. The summed E-state index contributed by atoms with van der Waals surface area (Å²) < 4.78 is 12.3. The van der Waals surface area contributed by atoms with E-state index in [4.69, 9.17) is 0 Å². The molecule has 0 atom stereocenters. The molecule has 18 rings (SSSR count). The minimum atomic E-state index is 0.534. The van der Waals surface area contributed by atoms with Gasteiger partial charge in [-0.05, 0) is 72.8 Å². The van der Waals surface area contributed by atoms with Gasteiger partial charge in [-0.15, -0.1) is 0 Å². The highest BCUT2D eigenvalue weighted by atomic mass is 15.1. The van der Waals surface area contributed by atoms with E-state index >= 15 is 0 Å². The number of hydrogen-bond donors (Lipinski definition) is 0. The average molecular weight is 1080 g/mol. The van der Waals surface area contributed by atoms with E-state index in [1.165, 1.54) is 0 Å². The largest absolute Gasteiger partial charge is 0.309 e. The fraction of sp³-hybridized carbons (Fsp3) is 0. The van der Waals surface area contributed by atoms with Crippen LogP contribution in [0.1, 0.15) is 5.56 Å². The predicted molar refractivity (Wildman–Crippen MR) is 354 cm³/mol. The minimum absolute atomic E-state index is 0.534. The number of rotatable bonds is 7. The molecule has 394 valence electrons. The van der Waals surface area contributed by atoms with Gasteiger partial charge in [0.2, 0.25) is 0 Å². The van der Waals surface area contributed by atoms with Crippen molar-refractivity contribution in [3.05, 3.63) is 297 Å². The molecule has 0 amide bonds. The molecule has 0 N–H and O–H groups in total. The number of aromatic nitrogens is 5. The first-order valence-electron chi connectivity index (χ1n) is 29.0. The van der Waals surface area contributed by atoms with Gasteiger partial charge >= 0.3 is 0 Å². The van der Waals surface area contributed by atoms with E-state index in [1.54, 1.807) is 0 Å². The molecule has 0 aliphatic carbocycles. The summed E-state index contributed by atoms with van der Waals surface area (Å²) in [4.78, 5) is 0. The van der Waals surface area contributed by atoms with E-state index in [0.717, 1.165) is 160 Å². The normalized spacial score (nSPS) is 12.0. The van der Waals surface area contributed by atoms with E-state index in [-0.39, 0.29) is 0 Å². The first-order chi connectivity index (χ1) is 42.2. The van der Waals surface area contributed by atoms with Gasteiger partial charge < -0.3 is 22.8 Å². The molecule has 0 radical (unpaired) electrons. The summed E-state index contributed by atoms with van der Waals surface area (Å²) in [5.41, 5.74) is 19.3. The number of nitriles is 1. The van der Waals surface area contributed by atoms with Crippen molar-refractivity contribution in [3.63, 3.8) is 0 Å². The summed E-state index contributed by atoms with van der Waals surface area (Å²) in [7, 11) is 0. The van der Waals surface area contributed by atoms with Crippen LogP contribution in [-0.4, -0.2) is 22.8 Å². The SMILES string of the molecule is N#Cc1c(-n2c3ccccc3c3ccccc32)c(-c2cccc3c4ccccc4n(-c4ccccc4)c23)c(-n2c3ccccc3c3ccccc32)c(-c2cccc3c4ccccc4n(-c4ccccc4)c23)c1-n1c2ccccc2c2ccccc21. The molecular weight excluding hydrogens is 1030 g/mol. The van der Waals surface area contributed by atoms with Crippen LogP contribution >= 0.6 is 0 Å². The lowest BCUT2D eigenvalue weighted by Gasteiger charge is -2.29. The Balaban J connectivity index is 1.21. The Labute approximate surface area is 488 Å². The molecule has 0 saturated carbocycles. The molecule has 0 aliphatic heterocycles. The summed E-state index contributed by atoms with van der Waals surface area (Å²) in [6.45, 7) is 0. The van der Waals surface area contributed by atoms with E-state index in [2.05, 4.69) is 320 Å². The maximum absolute atomic E-state index is 13.2.